The first-order chi connectivity index (χ1) is 19.0. The average molecular weight is 592 g/mol. The van der Waals surface area contributed by atoms with E-state index in [0.29, 0.717) is 24.0 Å². The summed E-state index contributed by atoms with van der Waals surface area (Å²) in [5, 5.41) is 0.564. The van der Waals surface area contributed by atoms with Crippen molar-refractivity contribution in [3.8, 4) is 5.88 Å². The van der Waals surface area contributed by atoms with Gasteiger partial charge in [-0.05, 0) is 48.7 Å². The number of Topliss-reactive ketones (excluding diaryl/α,β-unsaturated/α-hetero) is 1. The molecule has 1 fully saturated rings. The number of nitrogens with zero attached hydrogens (tertiary/aromatic N) is 1. The fraction of sp³-hybridized carbons (Fsp3) is 0.207. The third kappa shape index (κ3) is 6.91. The molecule has 0 radical (unpaired) electrons. The molecule has 0 aliphatic heterocycles. The van der Waals surface area contributed by atoms with Gasteiger partial charge in [-0.25, -0.2) is 9.78 Å². The summed E-state index contributed by atoms with van der Waals surface area (Å²) >= 11 is 12.6. The Kier molecular flexibility index (Phi) is 8.98. The van der Waals surface area contributed by atoms with E-state index in [-0.39, 0.29) is 56.6 Å². The lowest BCUT2D eigenvalue weighted by Gasteiger charge is -2.14. The number of hydrogen-bond donors (Lipinski definition) is 1. The maximum Gasteiger partial charge on any atom is 0.434 e. The molecule has 208 valence electrons. The first-order valence-electron chi connectivity index (χ1n) is 12.1. The summed E-state index contributed by atoms with van der Waals surface area (Å²) in [7, 11) is 1.24. The van der Waals surface area contributed by atoms with E-state index in [1.807, 2.05) is 0 Å². The zero-order chi connectivity index (χ0) is 29.0. The van der Waals surface area contributed by atoms with Gasteiger partial charge in [0, 0.05) is 17.5 Å². The molecule has 0 unspecified atom stereocenters. The van der Waals surface area contributed by atoms with Crippen LogP contribution in [0.15, 0.2) is 60.2 Å². The Hall–Kier alpha value is -3.66. The number of quaternary nitrogens is 1. The fourth-order valence-corrected chi connectivity index (χ4v) is 4.57. The van der Waals surface area contributed by atoms with E-state index >= 15 is 0 Å². The van der Waals surface area contributed by atoms with Crippen molar-refractivity contribution in [1.29, 1.82) is 0 Å². The van der Waals surface area contributed by atoms with E-state index in [1.165, 1.54) is 43.5 Å². The van der Waals surface area contributed by atoms with Crippen LogP contribution >= 0.6 is 23.2 Å². The first-order valence-corrected chi connectivity index (χ1v) is 12.9. The number of ketones is 1. The lowest BCUT2D eigenvalue weighted by molar-refractivity contribution is -0.245. The van der Waals surface area contributed by atoms with Crippen molar-refractivity contribution < 1.29 is 38.0 Å². The summed E-state index contributed by atoms with van der Waals surface area (Å²) in [4.78, 5) is 28.5. The van der Waals surface area contributed by atoms with Gasteiger partial charge in [-0.2, -0.15) is 13.2 Å². The van der Waals surface area contributed by atoms with Crippen molar-refractivity contribution in [3.63, 3.8) is 0 Å². The number of aromatic nitrogens is 1. The number of carbonyl (C=O) groups is 2. The third-order valence-corrected chi connectivity index (χ3v) is 6.80. The van der Waals surface area contributed by atoms with Crippen LogP contribution in [0.5, 0.6) is 5.88 Å². The van der Waals surface area contributed by atoms with Crippen LogP contribution in [0.4, 0.5) is 13.2 Å². The molecule has 0 atom stereocenters. The second-order valence-corrected chi connectivity index (χ2v) is 9.83. The van der Waals surface area contributed by atoms with E-state index in [9.17, 15) is 22.8 Å². The summed E-state index contributed by atoms with van der Waals surface area (Å²) in [5.74, 6) is -1.31. The predicted molar refractivity (Wildman–Crippen MR) is 145 cm³/mol. The molecule has 1 heterocycles. The lowest BCUT2D eigenvalue weighted by Crippen LogP contribution is -2.48. The van der Waals surface area contributed by atoms with Crippen molar-refractivity contribution in [2.75, 3.05) is 13.7 Å². The van der Waals surface area contributed by atoms with Crippen molar-refractivity contribution in [2.24, 2.45) is 5.92 Å². The lowest BCUT2D eigenvalue weighted by atomic mass is 10.0. The minimum atomic E-state index is -4.79. The number of ether oxygens (including phenoxy) is 2. The quantitative estimate of drug-likeness (QED) is 0.230. The van der Waals surface area contributed by atoms with Crippen LogP contribution in [0.1, 0.15) is 45.6 Å². The van der Waals surface area contributed by atoms with Gasteiger partial charge in [-0.3, -0.25) is 4.79 Å². The molecule has 0 spiro atoms. The van der Waals surface area contributed by atoms with E-state index in [4.69, 9.17) is 27.9 Å². The zero-order valence-corrected chi connectivity index (χ0v) is 22.7. The maximum atomic E-state index is 13.9. The summed E-state index contributed by atoms with van der Waals surface area (Å²) in [6.07, 6.45) is -0.724. The predicted octanol–water partition coefficient (Wildman–Crippen LogP) is 6.38. The molecule has 6 nitrogen and oxygen atoms in total. The maximum absolute atomic E-state index is 13.9. The van der Waals surface area contributed by atoms with Crippen molar-refractivity contribution in [2.45, 2.75) is 19.0 Å². The SMILES string of the molecule is COC(=O)c1cccc(/C=C/c2ccc(OCC(C(=O)C3CC3)=C([NH3+])c3c(Cl)cccc3Cl)nc2C(F)(F)F)c1. The Morgan fingerprint density at radius 1 is 1.05 bits per heavy atom. The van der Waals surface area contributed by atoms with Gasteiger partial charge in [-0.1, -0.05) is 53.6 Å². The van der Waals surface area contributed by atoms with E-state index < -0.39 is 17.8 Å². The van der Waals surface area contributed by atoms with Gasteiger partial charge < -0.3 is 15.2 Å². The Morgan fingerprint density at radius 3 is 2.35 bits per heavy atom. The molecule has 1 aliphatic rings. The third-order valence-electron chi connectivity index (χ3n) is 6.17. The average Bonchev–Trinajstić information content (AvgIpc) is 3.77. The Labute approximate surface area is 238 Å². The number of alkyl halides is 3. The van der Waals surface area contributed by atoms with Crippen molar-refractivity contribution >= 4 is 52.8 Å². The van der Waals surface area contributed by atoms with Crippen LogP contribution in [-0.2, 0) is 15.7 Å². The van der Waals surface area contributed by atoms with Crippen LogP contribution in [-0.4, -0.2) is 30.5 Å². The molecule has 1 aromatic heterocycles. The van der Waals surface area contributed by atoms with Gasteiger partial charge in [-0.15, -0.1) is 0 Å². The highest BCUT2D eigenvalue weighted by Crippen LogP contribution is 2.37. The standard InChI is InChI=1S/C29H23Cl2F3N2O4/c1-39-28(38)19-5-2-4-16(14-19)8-9-18-12-13-23(36-27(18)29(32,33)34)40-15-20(26(37)17-10-11-17)25(35)24-21(30)6-3-7-22(24)31/h2-9,12-14,17H,10-11,15,35H2,1H3/p+1/b9-8+,25-20?. The van der Waals surface area contributed by atoms with Crippen LogP contribution in [0.3, 0.4) is 0 Å². The molecular weight excluding hydrogens is 568 g/mol. The number of pyridine rings is 1. The number of halogens is 5. The molecule has 3 N–H and O–H groups in total. The summed E-state index contributed by atoms with van der Waals surface area (Å²) in [6, 6.07) is 13.6. The molecular formula is C29H24Cl2F3N2O4+. The van der Waals surface area contributed by atoms with Gasteiger partial charge >= 0.3 is 12.1 Å². The molecule has 1 saturated carbocycles. The Bertz CT molecular complexity index is 1500. The number of benzene rings is 2. The number of hydrogen-bond acceptors (Lipinski definition) is 5. The molecule has 40 heavy (non-hydrogen) atoms. The Morgan fingerprint density at radius 2 is 1.73 bits per heavy atom. The molecule has 4 rings (SSSR count). The number of carbonyl (C=O) groups excluding carboxylic acids is 2. The highest BCUT2D eigenvalue weighted by molar-refractivity contribution is 6.37. The molecule has 0 saturated heterocycles. The van der Waals surface area contributed by atoms with Gasteiger partial charge in [0.1, 0.15) is 12.3 Å². The van der Waals surface area contributed by atoms with Crippen LogP contribution in [0.25, 0.3) is 17.8 Å². The molecule has 11 heteroatoms. The number of methoxy groups -OCH3 is 1. The number of rotatable bonds is 9. The minimum Gasteiger partial charge on any atom is -0.472 e. The molecule has 0 amide bonds. The van der Waals surface area contributed by atoms with E-state index in [0.717, 1.165) is 0 Å². The van der Waals surface area contributed by atoms with Crippen molar-refractivity contribution in [3.05, 3.63) is 98.2 Å². The topological polar surface area (TPSA) is 93.1 Å². The minimum absolute atomic E-state index is 0.169. The largest absolute Gasteiger partial charge is 0.472 e. The van der Waals surface area contributed by atoms with Gasteiger partial charge in [0.05, 0.1) is 33.9 Å². The normalized spacial score (nSPS) is 14.2. The molecule has 0 bridgehead atoms. The highest BCUT2D eigenvalue weighted by atomic mass is 35.5. The summed E-state index contributed by atoms with van der Waals surface area (Å²) in [6.45, 7) is -0.366. The summed E-state index contributed by atoms with van der Waals surface area (Å²) in [5.41, 5.74) is 4.13. The number of esters is 1. The summed E-state index contributed by atoms with van der Waals surface area (Å²) < 4.78 is 52.1. The van der Waals surface area contributed by atoms with E-state index in [2.05, 4.69) is 15.5 Å². The Balaban J connectivity index is 1.63. The molecule has 2 aromatic carbocycles. The monoisotopic (exact) mass is 591 g/mol. The highest BCUT2D eigenvalue weighted by Gasteiger charge is 2.37. The van der Waals surface area contributed by atoms with Crippen LogP contribution in [0, 0.1) is 5.92 Å². The van der Waals surface area contributed by atoms with E-state index in [1.54, 1.807) is 30.3 Å². The van der Waals surface area contributed by atoms with Crippen molar-refractivity contribution in [1.82, 2.24) is 4.98 Å². The molecule has 3 aromatic rings. The van der Waals surface area contributed by atoms with Gasteiger partial charge in [0.25, 0.3) is 0 Å². The second-order valence-electron chi connectivity index (χ2n) is 9.02. The van der Waals surface area contributed by atoms with Crippen LogP contribution in [0.2, 0.25) is 10.0 Å². The zero-order valence-electron chi connectivity index (χ0n) is 21.2. The first kappa shape index (κ1) is 29.3. The fourth-order valence-electron chi connectivity index (χ4n) is 3.95. The second kappa shape index (κ2) is 12.2. The van der Waals surface area contributed by atoms with Crippen LogP contribution < -0.4 is 10.5 Å². The van der Waals surface area contributed by atoms with Gasteiger partial charge in [0.15, 0.2) is 11.5 Å². The van der Waals surface area contributed by atoms with Gasteiger partial charge in [0.2, 0.25) is 5.88 Å². The smallest absolute Gasteiger partial charge is 0.434 e. The molecule has 1 aliphatic carbocycles.